The summed E-state index contributed by atoms with van der Waals surface area (Å²) < 4.78 is 47.2. The number of nitrogens with one attached hydrogen (secondary N) is 2. The first-order valence-electron chi connectivity index (χ1n) is 10.5. The summed E-state index contributed by atoms with van der Waals surface area (Å²) in [7, 11) is 0. The van der Waals surface area contributed by atoms with E-state index in [0.717, 1.165) is 6.07 Å². The van der Waals surface area contributed by atoms with Crippen LogP contribution >= 0.6 is 11.6 Å². The monoisotopic (exact) mass is 484 g/mol. The van der Waals surface area contributed by atoms with Crippen LogP contribution in [0, 0.1) is 6.92 Å². The maximum atomic E-state index is 13.5. The number of carbonyl (C=O) groups is 1. The van der Waals surface area contributed by atoms with Crippen molar-refractivity contribution in [2.24, 2.45) is 0 Å². The molecule has 2 aromatic rings. The summed E-state index contributed by atoms with van der Waals surface area (Å²) in [5, 5.41) is 3.38. The van der Waals surface area contributed by atoms with Crippen LogP contribution in [0.5, 0.6) is 0 Å². The molecule has 0 fully saturated rings. The molecule has 6 nitrogen and oxygen atoms in total. The fraction of sp³-hybridized carbons (Fsp3) is 0.478. The molecule has 0 bridgehead atoms. The van der Waals surface area contributed by atoms with Crippen LogP contribution < -0.4 is 10.7 Å². The van der Waals surface area contributed by atoms with Gasteiger partial charge in [0.25, 0.3) is 0 Å². The number of benzene rings is 1. The third kappa shape index (κ3) is 5.82. The van der Waals surface area contributed by atoms with Crippen LogP contribution in [0.3, 0.4) is 0 Å². The van der Waals surface area contributed by atoms with Gasteiger partial charge in [-0.2, -0.15) is 13.2 Å². The summed E-state index contributed by atoms with van der Waals surface area (Å²) in [4.78, 5) is 15.1. The molecule has 1 aromatic heterocycles. The second-order valence-corrected chi connectivity index (χ2v) is 10.1. The highest BCUT2D eigenvalue weighted by atomic mass is 35.5. The van der Waals surface area contributed by atoms with Crippen molar-refractivity contribution in [3.05, 3.63) is 58.2 Å². The van der Waals surface area contributed by atoms with Crippen LogP contribution in [0.25, 0.3) is 5.70 Å². The van der Waals surface area contributed by atoms with E-state index in [4.69, 9.17) is 16.3 Å². The molecule has 0 spiro atoms. The first kappa shape index (κ1) is 25.0. The van der Waals surface area contributed by atoms with Gasteiger partial charge in [0.2, 0.25) is 0 Å². The van der Waals surface area contributed by atoms with Gasteiger partial charge in [-0.15, -0.1) is 0 Å². The van der Waals surface area contributed by atoms with Gasteiger partial charge in [-0.1, -0.05) is 23.7 Å². The van der Waals surface area contributed by atoms with Crippen molar-refractivity contribution < 1.29 is 22.7 Å². The van der Waals surface area contributed by atoms with E-state index in [1.807, 2.05) is 20.8 Å². The molecule has 1 atom stereocenters. The number of fused-ring (bicyclic) bond motifs is 1. The predicted octanol–water partition coefficient (Wildman–Crippen LogP) is 5.11. The zero-order chi connectivity index (χ0) is 24.8. The lowest BCUT2D eigenvalue weighted by Gasteiger charge is -2.33. The van der Waals surface area contributed by atoms with Crippen LogP contribution in [-0.2, 0) is 28.7 Å². The maximum absolute atomic E-state index is 13.5. The Morgan fingerprint density at radius 2 is 1.97 bits per heavy atom. The molecule has 0 saturated heterocycles. The van der Waals surface area contributed by atoms with Gasteiger partial charge in [-0.3, -0.25) is 10.2 Å². The lowest BCUT2D eigenvalue weighted by atomic mass is 9.98. The fourth-order valence-electron chi connectivity index (χ4n) is 3.71. The van der Waals surface area contributed by atoms with Crippen LogP contribution in [0.4, 0.5) is 13.2 Å². The number of rotatable bonds is 5. The van der Waals surface area contributed by atoms with Crippen LogP contribution in [-0.4, -0.2) is 26.2 Å². The summed E-state index contributed by atoms with van der Waals surface area (Å²) in [6.07, 6.45) is -2.55. The number of carbonyl (C=O) groups excluding carboxylic acids is 1. The maximum Gasteiger partial charge on any atom is 0.416 e. The van der Waals surface area contributed by atoms with Gasteiger partial charge < -0.3 is 10.1 Å². The first-order chi connectivity index (χ1) is 15.1. The largest absolute Gasteiger partial charge is 0.459 e. The van der Waals surface area contributed by atoms with E-state index in [1.165, 1.54) is 19.9 Å². The highest BCUT2D eigenvalue weighted by molar-refractivity contribution is 6.26. The molecule has 1 aliphatic rings. The Morgan fingerprint density at radius 3 is 2.55 bits per heavy atom. The van der Waals surface area contributed by atoms with E-state index in [0.29, 0.717) is 28.5 Å². The molecule has 1 aromatic carbocycles. The van der Waals surface area contributed by atoms with E-state index < -0.39 is 22.7 Å². The Hall–Kier alpha value is -2.68. The van der Waals surface area contributed by atoms with Crippen LogP contribution in [0.15, 0.2) is 24.3 Å². The Balaban J connectivity index is 2.14. The van der Waals surface area contributed by atoms with Gasteiger partial charge >= 0.3 is 12.1 Å². The Morgan fingerprint density at radius 1 is 1.30 bits per heavy atom. The number of alkyl halides is 4. The van der Waals surface area contributed by atoms with Crippen molar-refractivity contribution >= 4 is 23.3 Å². The molecule has 33 heavy (non-hydrogen) atoms. The molecule has 10 heteroatoms. The Bertz CT molecular complexity index is 1100. The summed E-state index contributed by atoms with van der Waals surface area (Å²) in [6.45, 7) is 10.3. The normalized spacial score (nSPS) is 18.3. The number of halogens is 4. The standard InChI is InChI=1S/C23H28ClF3N4O2/c1-13-15(8-7-9-16(13)23(25,26)27)10-19-18(12-33-14(2)32)28-20-17(29-21(3,4)5)11-22(6,24)30-31(19)20/h7-9,11,29-30H,10,12H2,1-6H3. The molecule has 1 unspecified atom stereocenters. The minimum absolute atomic E-state index is 0.119. The Labute approximate surface area is 196 Å². The minimum atomic E-state index is -4.46. The lowest BCUT2D eigenvalue weighted by Crippen LogP contribution is -2.43. The Kier molecular flexibility index (Phi) is 6.50. The van der Waals surface area contributed by atoms with Crippen molar-refractivity contribution in [2.45, 2.75) is 71.3 Å². The molecule has 2 heterocycles. The highest BCUT2D eigenvalue weighted by Crippen LogP contribution is 2.35. The molecular weight excluding hydrogens is 457 g/mol. The number of imidazole rings is 1. The van der Waals surface area contributed by atoms with Gasteiger partial charge in [0.1, 0.15) is 17.3 Å². The second-order valence-electron chi connectivity index (χ2n) is 9.33. The highest BCUT2D eigenvalue weighted by Gasteiger charge is 2.35. The second kappa shape index (κ2) is 8.59. The summed E-state index contributed by atoms with van der Waals surface area (Å²) in [5.41, 5.74) is 4.42. The number of esters is 1. The van der Waals surface area contributed by atoms with Crippen LogP contribution in [0.2, 0.25) is 0 Å². The third-order valence-electron chi connectivity index (χ3n) is 5.07. The minimum Gasteiger partial charge on any atom is -0.459 e. The molecule has 180 valence electrons. The molecule has 0 aliphatic carbocycles. The van der Waals surface area contributed by atoms with E-state index in [-0.39, 0.29) is 24.1 Å². The van der Waals surface area contributed by atoms with E-state index >= 15 is 0 Å². The molecule has 3 rings (SSSR count). The van der Waals surface area contributed by atoms with E-state index in [1.54, 1.807) is 23.7 Å². The van der Waals surface area contributed by atoms with Crippen LogP contribution in [0.1, 0.15) is 68.5 Å². The van der Waals surface area contributed by atoms with Gasteiger partial charge in [0.15, 0.2) is 5.82 Å². The predicted molar refractivity (Wildman–Crippen MR) is 121 cm³/mol. The number of nitrogens with zero attached hydrogens (tertiary/aromatic N) is 2. The third-order valence-corrected chi connectivity index (χ3v) is 5.27. The van der Waals surface area contributed by atoms with E-state index in [2.05, 4.69) is 15.7 Å². The number of ether oxygens (including phenoxy) is 1. The summed E-state index contributed by atoms with van der Waals surface area (Å²) in [6, 6.07) is 4.09. The SMILES string of the molecule is CC(=O)OCc1nc2n(c1Cc1cccc(C(F)(F)F)c1C)NC(C)(Cl)C=C2NC(C)(C)C. The molecule has 0 saturated carbocycles. The molecule has 0 amide bonds. The fourth-order valence-corrected chi connectivity index (χ4v) is 3.91. The van der Waals surface area contributed by atoms with Gasteiger partial charge in [0.05, 0.1) is 17.0 Å². The van der Waals surface area contributed by atoms with Gasteiger partial charge in [-0.05, 0) is 57.9 Å². The van der Waals surface area contributed by atoms with Crippen molar-refractivity contribution in [1.29, 1.82) is 0 Å². The number of aromatic nitrogens is 2. The number of hydrogen-bond acceptors (Lipinski definition) is 5. The van der Waals surface area contributed by atoms with Crippen molar-refractivity contribution in [1.82, 2.24) is 15.0 Å². The van der Waals surface area contributed by atoms with Crippen molar-refractivity contribution in [2.75, 3.05) is 5.43 Å². The summed E-state index contributed by atoms with van der Waals surface area (Å²) >= 11 is 6.64. The van der Waals surface area contributed by atoms with Crippen molar-refractivity contribution in [3.8, 4) is 0 Å². The smallest absolute Gasteiger partial charge is 0.416 e. The molecule has 2 N–H and O–H groups in total. The summed E-state index contributed by atoms with van der Waals surface area (Å²) in [5.74, 6) is 0.0192. The van der Waals surface area contributed by atoms with Crippen molar-refractivity contribution in [3.63, 3.8) is 0 Å². The number of hydrogen-bond donors (Lipinski definition) is 2. The van der Waals surface area contributed by atoms with Gasteiger partial charge in [0, 0.05) is 18.9 Å². The average Bonchev–Trinajstić information content (AvgIpc) is 2.96. The average molecular weight is 485 g/mol. The molecule has 1 aliphatic heterocycles. The quantitative estimate of drug-likeness (QED) is 0.351. The zero-order valence-electron chi connectivity index (χ0n) is 19.4. The zero-order valence-corrected chi connectivity index (χ0v) is 20.2. The molecule has 0 radical (unpaired) electrons. The topological polar surface area (TPSA) is 68.2 Å². The lowest BCUT2D eigenvalue weighted by molar-refractivity contribution is -0.142. The van der Waals surface area contributed by atoms with E-state index in [9.17, 15) is 18.0 Å². The molecular formula is C23H28ClF3N4O2. The van der Waals surface area contributed by atoms with Gasteiger partial charge in [-0.25, -0.2) is 9.66 Å². The first-order valence-corrected chi connectivity index (χ1v) is 10.8.